The number of hydrogen-bond acceptors (Lipinski definition) is 9. The maximum absolute atomic E-state index is 13.4. The van der Waals surface area contributed by atoms with E-state index >= 15 is 0 Å². The highest BCUT2D eigenvalue weighted by atomic mass is 16.5. The maximum atomic E-state index is 13.4. The molecule has 1 aromatic carbocycles. The first kappa shape index (κ1) is 41.9. The molecule has 0 bridgehead atoms. The molecular formula is C34H51N7O10. The number of Topliss-reactive ketones (excluding diaryl/α,β-unsaturated/α-hetero) is 1. The van der Waals surface area contributed by atoms with E-state index in [9.17, 15) is 38.4 Å². The normalized spacial score (nSPS) is 14.2. The molecular weight excluding hydrogens is 666 g/mol. The Hall–Kier alpha value is -5.22. The van der Waals surface area contributed by atoms with Crippen molar-refractivity contribution in [2.24, 2.45) is 23.5 Å². The lowest BCUT2D eigenvalue weighted by atomic mass is 9.97. The zero-order chi connectivity index (χ0) is 38.1. The lowest BCUT2D eigenvalue weighted by molar-refractivity contribution is -0.145. The third-order valence-corrected chi connectivity index (χ3v) is 8.27. The van der Waals surface area contributed by atoms with Gasteiger partial charge in [-0.05, 0) is 49.3 Å². The molecule has 282 valence electrons. The Bertz CT molecular complexity index is 1390. The Morgan fingerprint density at radius 1 is 0.902 bits per heavy atom. The first-order chi connectivity index (χ1) is 24.1. The Morgan fingerprint density at radius 3 is 2.12 bits per heavy atom. The molecule has 1 aromatic rings. The van der Waals surface area contributed by atoms with Crippen molar-refractivity contribution >= 4 is 53.2 Å². The van der Waals surface area contributed by atoms with Gasteiger partial charge in [0, 0.05) is 44.1 Å². The maximum Gasteiger partial charge on any atom is 0.407 e. The van der Waals surface area contributed by atoms with Gasteiger partial charge < -0.3 is 47.1 Å². The summed E-state index contributed by atoms with van der Waals surface area (Å²) < 4.78 is 5.12. The molecule has 0 aliphatic carbocycles. The number of benzene rings is 1. The summed E-state index contributed by atoms with van der Waals surface area (Å²) in [5.41, 5.74) is 6.13. The van der Waals surface area contributed by atoms with E-state index in [1.165, 1.54) is 4.90 Å². The van der Waals surface area contributed by atoms with Gasteiger partial charge in [0.2, 0.25) is 23.6 Å². The smallest absolute Gasteiger partial charge is 0.407 e. The fraction of sp³-hybridized carbons (Fsp3) is 0.588. The highest BCUT2D eigenvalue weighted by Crippen LogP contribution is 2.18. The molecule has 0 aromatic heterocycles. The number of piperidine rings is 1. The average Bonchev–Trinajstić information content (AvgIpc) is 3.08. The van der Waals surface area contributed by atoms with Crippen LogP contribution in [0.15, 0.2) is 24.3 Å². The minimum absolute atomic E-state index is 0.0799. The van der Waals surface area contributed by atoms with E-state index < -0.39 is 53.8 Å². The number of alkyl carbamates (subject to hydrolysis) is 1. The molecule has 0 saturated carbocycles. The minimum Gasteiger partial charge on any atom is -0.481 e. The van der Waals surface area contributed by atoms with E-state index in [1.807, 2.05) is 0 Å². The van der Waals surface area contributed by atoms with Gasteiger partial charge >= 0.3 is 18.1 Å². The number of urea groups is 1. The SMILES string of the molecule is CC(C)C(=O)CNC(=O)OCc1ccc(NC(=O)[C@H](CCCNC(N)=O)NC(=O)C(NC(=O)CCC(=O)N2CCC(C(=O)O)CC2)C(C)C)cc1. The number of rotatable bonds is 19. The molecule has 1 saturated heterocycles. The number of primary amides is 1. The highest BCUT2D eigenvalue weighted by Gasteiger charge is 2.30. The monoisotopic (exact) mass is 717 g/mol. The van der Waals surface area contributed by atoms with E-state index in [0.29, 0.717) is 37.2 Å². The summed E-state index contributed by atoms with van der Waals surface area (Å²) in [7, 11) is 0. The third kappa shape index (κ3) is 15.5. The molecule has 1 aliphatic rings. The van der Waals surface area contributed by atoms with Crippen LogP contribution in [-0.4, -0.2) is 95.8 Å². The van der Waals surface area contributed by atoms with E-state index in [4.69, 9.17) is 15.6 Å². The standard InChI is InChI=1S/C34H51N7O10/c1-20(2)26(42)18-37-34(50)51-19-22-7-9-24(10-8-22)38-30(45)25(6-5-15-36-33(35)49)39-31(46)29(21(3)4)40-27(43)11-12-28(44)41-16-13-23(14-17-41)32(47)48/h7-10,20-21,23,25,29H,5-6,11-19H2,1-4H3,(H,37,50)(H,38,45)(H,39,46)(H,40,43)(H,47,48)(H3,35,36,49)/t25-,29?/m0/s1. The molecule has 17 heteroatoms. The topological polar surface area (TPSA) is 255 Å². The van der Waals surface area contributed by atoms with Gasteiger partial charge in [0.05, 0.1) is 12.5 Å². The van der Waals surface area contributed by atoms with Gasteiger partial charge in [-0.15, -0.1) is 0 Å². The van der Waals surface area contributed by atoms with Gasteiger partial charge in [-0.3, -0.25) is 28.8 Å². The minimum atomic E-state index is -1.07. The number of nitrogens with two attached hydrogens (primary N) is 1. The summed E-state index contributed by atoms with van der Waals surface area (Å²) in [6.07, 6.45) is 0.0631. The Balaban J connectivity index is 1.97. The van der Waals surface area contributed by atoms with Crippen LogP contribution in [0.25, 0.3) is 0 Å². The summed E-state index contributed by atoms with van der Waals surface area (Å²) in [6, 6.07) is 3.57. The number of nitrogens with one attached hydrogen (secondary N) is 5. The fourth-order valence-corrected chi connectivity index (χ4v) is 5.06. The van der Waals surface area contributed by atoms with Gasteiger partial charge in [-0.25, -0.2) is 9.59 Å². The molecule has 2 rings (SSSR count). The van der Waals surface area contributed by atoms with Gasteiger partial charge in [-0.1, -0.05) is 39.8 Å². The molecule has 1 heterocycles. The van der Waals surface area contributed by atoms with Crippen molar-refractivity contribution in [2.75, 3.05) is 31.5 Å². The van der Waals surface area contributed by atoms with Crippen LogP contribution in [0.4, 0.5) is 15.3 Å². The number of nitrogens with zero attached hydrogens (tertiary/aromatic N) is 1. The first-order valence-electron chi connectivity index (χ1n) is 17.0. The molecule has 7 amide bonds. The van der Waals surface area contributed by atoms with E-state index in [0.717, 1.165) is 0 Å². The molecule has 51 heavy (non-hydrogen) atoms. The van der Waals surface area contributed by atoms with Crippen LogP contribution >= 0.6 is 0 Å². The Morgan fingerprint density at radius 2 is 1.55 bits per heavy atom. The predicted molar refractivity (Wildman–Crippen MR) is 185 cm³/mol. The van der Waals surface area contributed by atoms with Crippen molar-refractivity contribution < 1.29 is 48.2 Å². The van der Waals surface area contributed by atoms with Crippen molar-refractivity contribution in [1.29, 1.82) is 0 Å². The number of carboxylic acid groups (broad SMARTS) is 1. The number of carbonyl (C=O) groups excluding carboxylic acids is 7. The average molecular weight is 718 g/mol. The molecule has 0 spiro atoms. The molecule has 17 nitrogen and oxygen atoms in total. The number of carboxylic acids is 1. The number of aliphatic carboxylic acids is 1. The van der Waals surface area contributed by atoms with Gasteiger partial charge in [0.15, 0.2) is 5.78 Å². The Labute approximate surface area is 297 Å². The van der Waals surface area contributed by atoms with Crippen LogP contribution in [-0.2, 0) is 40.1 Å². The van der Waals surface area contributed by atoms with Crippen LogP contribution in [0.5, 0.6) is 0 Å². The first-order valence-corrected chi connectivity index (χ1v) is 17.0. The molecule has 2 atom stereocenters. The van der Waals surface area contributed by atoms with Crippen LogP contribution in [0.2, 0.25) is 0 Å². The zero-order valence-corrected chi connectivity index (χ0v) is 29.6. The highest BCUT2D eigenvalue weighted by molar-refractivity contribution is 5.98. The van der Waals surface area contributed by atoms with Crippen LogP contribution in [0.1, 0.15) is 71.8 Å². The lowest BCUT2D eigenvalue weighted by Gasteiger charge is -2.30. The quantitative estimate of drug-likeness (QED) is 0.101. The van der Waals surface area contributed by atoms with Crippen LogP contribution in [0.3, 0.4) is 0 Å². The lowest BCUT2D eigenvalue weighted by Crippen LogP contribution is -2.54. The van der Waals surface area contributed by atoms with Crippen molar-refractivity contribution in [3.05, 3.63) is 29.8 Å². The fourth-order valence-electron chi connectivity index (χ4n) is 5.06. The van der Waals surface area contributed by atoms with E-state index in [2.05, 4.69) is 26.6 Å². The van der Waals surface area contributed by atoms with Crippen molar-refractivity contribution in [2.45, 2.75) is 84.9 Å². The summed E-state index contributed by atoms with van der Waals surface area (Å²) in [5, 5.41) is 22.1. The van der Waals surface area contributed by atoms with Gasteiger partial charge in [0.1, 0.15) is 18.7 Å². The van der Waals surface area contributed by atoms with Crippen molar-refractivity contribution in [3.63, 3.8) is 0 Å². The molecule has 1 unspecified atom stereocenters. The third-order valence-electron chi connectivity index (χ3n) is 8.27. The molecule has 8 N–H and O–H groups in total. The van der Waals surface area contributed by atoms with Crippen LogP contribution < -0.4 is 32.3 Å². The largest absolute Gasteiger partial charge is 0.481 e. The second kappa shape index (κ2) is 21.1. The molecule has 0 radical (unpaired) electrons. The summed E-state index contributed by atoms with van der Waals surface area (Å²) >= 11 is 0. The van der Waals surface area contributed by atoms with Crippen molar-refractivity contribution in [3.8, 4) is 0 Å². The summed E-state index contributed by atoms with van der Waals surface area (Å²) in [4.78, 5) is 99.6. The number of likely N-dealkylation sites (tertiary alicyclic amines) is 1. The number of amides is 7. The van der Waals surface area contributed by atoms with Gasteiger partial charge in [0.25, 0.3) is 0 Å². The predicted octanol–water partition coefficient (Wildman–Crippen LogP) is 1.25. The van der Waals surface area contributed by atoms with E-state index in [-0.39, 0.29) is 68.9 Å². The van der Waals surface area contributed by atoms with Crippen molar-refractivity contribution in [1.82, 2.24) is 26.2 Å². The number of hydrogen-bond donors (Lipinski definition) is 7. The second-order valence-electron chi connectivity index (χ2n) is 13.0. The van der Waals surface area contributed by atoms with Crippen LogP contribution in [0, 0.1) is 17.8 Å². The summed E-state index contributed by atoms with van der Waals surface area (Å²) in [5.74, 6) is -4.11. The number of ketones is 1. The summed E-state index contributed by atoms with van der Waals surface area (Å²) in [6.45, 7) is 7.41. The number of anilines is 1. The molecule has 1 aliphatic heterocycles. The Kier molecular flexibility index (Phi) is 17.4. The number of ether oxygens (including phenoxy) is 1. The van der Waals surface area contributed by atoms with E-state index in [1.54, 1.807) is 52.0 Å². The second-order valence-corrected chi connectivity index (χ2v) is 13.0. The molecule has 1 fully saturated rings. The number of carbonyl (C=O) groups is 8. The van der Waals surface area contributed by atoms with Gasteiger partial charge in [-0.2, -0.15) is 0 Å². The zero-order valence-electron chi connectivity index (χ0n) is 29.6.